The predicted octanol–water partition coefficient (Wildman–Crippen LogP) is 1.18. The maximum Gasteiger partial charge on any atom is 0.0811 e. The van der Waals surface area contributed by atoms with E-state index < -0.39 is 0 Å². The van der Waals surface area contributed by atoms with Crippen molar-refractivity contribution in [1.82, 2.24) is 0 Å². The molecule has 0 saturated heterocycles. The standard InChI is InChI=1S/C6H9NO2/c8-6-3-1-5(7-9)2-4-6/h1,6,8H,2-4H2. The Morgan fingerprint density at radius 1 is 1.78 bits per heavy atom. The number of aliphatic hydroxyl groups is 1. The molecule has 1 aliphatic carbocycles. The van der Waals surface area contributed by atoms with Crippen LogP contribution < -0.4 is 0 Å². The summed E-state index contributed by atoms with van der Waals surface area (Å²) in [6, 6.07) is 0. The second-order valence-corrected chi connectivity index (χ2v) is 2.21. The number of hydrogen-bond acceptors (Lipinski definition) is 3. The molecule has 1 aliphatic rings. The van der Waals surface area contributed by atoms with E-state index in [-0.39, 0.29) is 6.10 Å². The first-order valence-electron chi connectivity index (χ1n) is 3.03. The number of aliphatic hydroxyl groups excluding tert-OH is 1. The largest absolute Gasteiger partial charge is 0.393 e. The third kappa shape index (κ3) is 1.61. The van der Waals surface area contributed by atoms with Crippen LogP contribution in [-0.4, -0.2) is 11.2 Å². The Morgan fingerprint density at radius 2 is 2.56 bits per heavy atom. The number of nitrogens with zero attached hydrogens (tertiary/aromatic N) is 1. The Labute approximate surface area is 53.4 Å². The van der Waals surface area contributed by atoms with Gasteiger partial charge in [-0.3, -0.25) is 0 Å². The smallest absolute Gasteiger partial charge is 0.0811 e. The molecule has 1 N–H and O–H groups in total. The van der Waals surface area contributed by atoms with Crippen LogP contribution in [0, 0.1) is 4.91 Å². The van der Waals surface area contributed by atoms with E-state index in [0.717, 1.165) is 0 Å². The van der Waals surface area contributed by atoms with Gasteiger partial charge in [-0.15, -0.1) is 4.91 Å². The van der Waals surface area contributed by atoms with Crippen LogP contribution in [0.15, 0.2) is 16.9 Å². The van der Waals surface area contributed by atoms with Crippen molar-refractivity contribution in [2.45, 2.75) is 25.4 Å². The Hall–Kier alpha value is -0.700. The third-order valence-electron chi connectivity index (χ3n) is 1.48. The van der Waals surface area contributed by atoms with Crippen LogP contribution in [0.1, 0.15) is 19.3 Å². The summed E-state index contributed by atoms with van der Waals surface area (Å²) >= 11 is 0. The SMILES string of the molecule is O=NC1=CCC(O)CC1. The van der Waals surface area contributed by atoms with Crippen LogP contribution in [0.25, 0.3) is 0 Å². The minimum absolute atomic E-state index is 0.254. The molecule has 0 aromatic heterocycles. The van der Waals surface area contributed by atoms with Crippen molar-refractivity contribution >= 4 is 0 Å². The lowest BCUT2D eigenvalue weighted by atomic mass is 10.0. The lowest BCUT2D eigenvalue weighted by Gasteiger charge is -2.11. The first kappa shape index (κ1) is 6.42. The van der Waals surface area contributed by atoms with E-state index in [1.165, 1.54) is 0 Å². The molecule has 0 saturated carbocycles. The number of allylic oxidation sites excluding steroid dienone is 1. The topological polar surface area (TPSA) is 49.7 Å². The number of hydrogen-bond donors (Lipinski definition) is 1. The second kappa shape index (κ2) is 2.73. The summed E-state index contributed by atoms with van der Waals surface area (Å²) in [6.07, 6.45) is 3.33. The summed E-state index contributed by atoms with van der Waals surface area (Å²) in [7, 11) is 0. The van der Waals surface area contributed by atoms with Gasteiger partial charge in [0.2, 0.25) is 0 Å². The van der Waals surface area contributed by atoms with E-state index in [4.69, 9.17) is 5.11 Å². The number of nitroso groups, excluding NO2 is 1. The zero-order valence-electron chi connectivity index (χ0n) is 5.08. The monoisotopic (exact) mass is 127 g/mol. The Kier molecular flexibility index (Phi) is 1.95. The van der Waals surface area contributed by atoms with Gasteiger partial charge in [-0.05, 0) is 24.4 Å². The maximum atomic E-state index is 9.87. The fourth-order valence-corrected chi connectivity index (χ4v) is 0.889. The van der Waals surface area contributed by atoms with Gasteiger partial charge in [0.15, 0.2) is 0 Å². The van der Waals surface area contributed by atoms with Crippen LogP contribution >= 0.6 is 0 Å². The van der Waals surface area contributed by atoms with Crippen LogP contribution in [0.5, 0.6) is 0 Å². The van der Waals surface area contributed by atoms with Gasteiger partial charge in [-0.25, -0.2) is 0 Å². The normalized spacial score (nSPS) is 27.2. The highest BCUT2D eigenvalue weighted by Crippen LogP contribution is 2.17. The molecular formula is C6H9NO2. The highest BCUT2D eigenvalue weighted by atomic mass is 16.3. The molecule has 0 amide bonds. The van der Waals surface area contributed by atoms with Gasteiger partial charge >= 0.3 is 0 Å². The van der Waals surface area contributed by atoms with Gasteiger partial charge in [-0.2, -0.15) is 0 Å². The molecule has 0 fully saturated rings. The number of rotatable bonds is 1. The molecule has 50 valence electrons. The third-order valence-corrected chi connectivity index (χ3v) is 1.48. The van der Waals surface area contributed by atoms with E-state index in [2.05, 4.69) is 5.18 Å². The fourth-order valence-electron chi connectivity index (χ4n) is 0.889. The molecule has 0 heterocycles. The highest BCUT2D eigenvalue weighted by Gasteiger charge is 2.10. The van der Waals surface area contributed by atoms with E-state index in [1.54, 1.807) is 6.08 Å². The van der Waals surface area contributed by atoms with E-state index >= 15 is 0 Å². The van der Waals surface area contributed by atoms with Gasteiger partial charge in [0.05, 0.1) is 11.8 Å². The first-order chi connectivity index (χ1) is 4.33. The lowest BCUT2D eigenvalue weighted by molar-refractivity contribution is 0.162. The van der Waals surface area contributed by atoms with Crippen molar-refractivity contribution in [2.24, 2.45) is 5.18 Å². The molecule has 0 spiro atoms. The lowest BCUT2D eigenvalue weighted by Crippen LogP contribution is -2.08. The van der Waals surface area contributed by atoms with E-state index in [0.29, 0.717) is 25.0 Å². The second-order valence-electron chi connectivity index (χ2n) is 2.21. The fraction of sp³-hybridized carbons (Fsp3) is 0.667. The van der Waals surface area contributed by atoms with Crippen molar-refractivity contribution in [2.75, 3.05) is 0 Å². The maximum absolute atomic E-state index is 9.87. The summed E-state index contributed by atoms with van der Waals surface area (Å²) in [5, 5.41) is 11.7. The van der Waals surface area contributed by atoms with Crippen LogP contribution in [0.4, 0.5) is 0 Å². The molecule has 1 rings (SSSR count). The molecule has 9 heavy (non-hydrogen) atoms. The molecule has 1 atom stereocenters. The molecule has 3 nitrogen and oxygen atoms in total. The van der Waals surface area contributed by atoms with Gasteiger partial charge in [0.1, 0.15) is 0 Å². The van der Waals surface area contributed by atoms with Gasteiger partial charge < -0.3 is 5.11 Å². The average molecular weight is 127 g/mol. The van der Waals surface area contributed by atoms with Crippen LogP contribution in [-0.2, 0) is 0 Å². The minimum Gasteiger partial charge on any atom is -0.393 e. The first-order valence-corrected chi connectivity index (χ1v) is 3.03. The summed E-state index contributed by atoms with van der Waals surface area (Å²) in [4.78, 5) is 9.87. The molecule has 0 aromatic rings. The summed E-state index contributed by atoms with van der Waals surface area (Å²) in [6.45, 7) is 0. The molecule has 1 unspecified atom stereocenters. The molecule has 0 radical (unpaired) electrons. The molecule has 0 aromatic carbocycles. The zero-order valence-corrected chi connectivity index (χ0v) is 5.08. The van der Waals surface area contributed by atoms with Crippen LogP contribution in [0.2, 0.25) is 0 Å². The van der Waals surface area contributed by atoms with Gasteiger partial charge in [0, 0.05) is 0 Å². The van der Waals surface area contributed by atoms with E-state index in [1.807, 2.05) is 0 Å². The van der Waals surface area contributed by atoms with E-state index in [9.17, 15) is 4.91 Å². The quantitative estimate of drug-likeness (QED) is 0.538. The summed E-state index contributed by atoms with van der Waals surface area (Å²) < 4.78 is 0. The molecule has 3 heteroatoms. The van der Waals surface area contributed by atoms with Crippen molar-refractivity contribution in [3.63, 3.8) is 0 Å². The van der Waals surface area contributed by atoms with Crippen LogP contribution in [0.3, 0.4) is 0 Å². The molecule has 0 bridgehead atoms. The Morgan fingerprint density at radius 3 is 3.00 bits per heavy atom. The summed E-state index contributed by atoms with van der Waals surface area (Å²) in [5.74, 6) is 0. The Balaban J connectivity index is 2.49. The molecular weight excluding hydrogens is 118 g/mol. The minimum atomic E-state index is -0.254. The van der Waals surface area contributed by atoms with Crippen molar-refractivity contribution in [1.29, 1.82) is 0 Å². The zero-order chi connectivity index (χ0) is 6.69. The summed E-state index contributed by atoms with van der Waals surface area (Å²) in [5.41, 5.74) is 0.584. The van der Waals surface area contributed by atoms with Crippen molar-refractivity contribution in [3.05, 3.63) is 16.7 Å². The van der Waals surface area contributed by atoms with Gasteiger partial charge in [0.25, 0.3) is 0 Å². The van der Waals surface area contributed by atoms with Gasteiger partial charge in [-0.1, -0.05) is 6.08 Å². The predicted molar refractivity (Wildman–Crippen MR) is 33.7 cm³/mol. The Bertz CT molecular complexity index is 142. The highest BCUT2D eigenvalue weighted by molar-refractivity contribution is 5.04. The average Bonchev–Trinajstić information content (AvgIpc) is 1.90. The molecule has 0 aliphatic heterocycles. The van der Waals surface area contributed by atoms with Crippen molar-refractivity contribution < 1.29 is 5.11 Å². The van der Waals surface area contributed by atoms with Crippen molar-refractivity contribution in [3.8, 4) is 0 Å².